The molecule has 0 radical (unpaired) electrons. The van der Waals surface area contributed by atoms with Gasteiger partial charge >= 0.3 is 11.7 Å². The van der Waals surface area contributed by atoms with Crippen molar-refractivity contribution < 1.29 is 13.2 Å². The highest BCUT2D eigenvalue weighted by Crippen LogP contribution is 2.16. The summed E-state index contributed by atoms with van der Waals surface area (Å²) in [6.45, 7) is 3.28. The molecule has 2 heterocycles. The number of urea groups is 1. The van der Waals surface area contributed by atoms with Crippen molar-refractivity contribution in [3.63, 3.8) is 0 Å². The van der Waals surface area contributed by atoms with Crippen LogP contribution in [0.25, 0.3) is 0 Å². The second-order valence-electron chi connectivity index (χ2n) is 7.12. The molecule has 0 bridgehead atoms. The van der Waals surface area contributed by atoms with Gasteiger partial charge in [0, 0.05) is 26.1 Å². The van der Waals surface area contributed by atoms with Gasteiger partial charge in [-0.05, 0) is 43.9 Å². The Balaban J connectivity index is 1.47. The molecule has 11 heteroatoms. The minimum absolute atomic E-state index is 0.00253. The van der Waals surface area contributed by atoms with Gasteiger partial charge in [-0.25, -0.2) is 27.8 Å². The second kappa shape index (κ2) is 8.78. The van der Waals surface area contributed by atoms with Gasteiger partial charge in [0.2, 0.25) is 10.0 Å². The average molecular weight is 423 g/mol. The highest BCUT2D eigenvalue weighted by atomic mass is 32.2. The summed E-state index contributed by atoms with van der Waals surface area (Å²) in [7, 11) is -3.80. The SMILES string of the molecule is CC(NC(=O)NCCCn1nc2n(c1=O)CCCC2)c1cccc(S(N)(=O)=O)c1. The standard InChI is InChI=1S/C18H26N6O4S/c1-13(14-6-4-7-15(12-14)29(19,27)28)21-17(25)20-9-5-11-24-18(26)23-10-3-2-8-16(23)22-24/h4,6-7,12-13H,2-3,5,8-11H2,1H3,(H2,19,27,28)(H2,20,21,25). The van der Waals surface area contributed by atoms with Crippen molar-refractivity contribution in [2.45, 2.75) is 56.6 Å². The van der Waals surface area contributed by atoms with Gasteiger partial charge in [-0.15, -0.1) is 0 Å². The first-order valence-electron chi connectivity index (χ1n) is 9.59. The summed E-state index contributed by atoms with van der Waals surface area (Å²) in [6.07, 6.45) is 3.45. The number of sulfonamides is 1. The summed E-state index contributed by atoms with van der Waals surface area (Å²) in [5, 5.41) is 15.0. The van der Waals surface area contributed by atoms with E-state index in [-0.39, 0.29) is 16.6 Å². The summed E-state index contributed by atoms with van der Waals surface area (Å²) in [5.74, 6) is 0.836. The van der Waals surface area contributed by atoms with Crippen LogP contribution >= 0.6 is 0 Å². The van der Waals surface area contributed by atoms with E-state index in [1.165, 1.54) is 16.8 Å². The normalized spacial score (nSPS) is 14.8. The van der Waals surface area contributed by atoms with Crippen LogP contribution in [0.15, 0.2) is 34.0 Å². The highest BCUT2D eigenvalue weighted by Gasteiger charge is 2.16. The number of aromatic nitrogens is 3. The van der Waals surface area contributed by atoms with Crippen LogP contribution in [0.3, 0.4) is 0 Å². The van der Waals surface area contributed by atoms with E-state index in [0.29, 0.717) is 25.1 Å². The number of rotatable bonds is 7. The van der Waals surface area contributed by atoms with Gasteiger partial charge in [0.05, 0.1) is 10.9 Å². The van der Waals surface area contributed by atoms with E-state index in [2.05, 4.69) is 15.7 Å². The number of nitrogens with one attached hydrogen (secondary N) is 2. The van der Waals surface area contributed by atoms with E-state index in [4.69, 9.17) is 5.14 Å². The number of aryl methyl sites for hydroxylation is 2. The Morgan fingerprint density at radius 3 is 2.86 bits per heavy atom. The fourth-order valence-electron chi connectivity index (χ4n) is 3.32. The third kappa shape index (κ3) is 5.24. The number of primary sulfonamides is 1. The van der Waals surface area contributed by atoms with Crippen LogP contribution in [0.1, 0.15) is 43.6 Å². The third-order valence-corrected chi connectivity index (χ3v) is 5.81. The molecule has 29 heavy (non-hydrogen) atoms. The summed E-state index contributed by atoms with van der Waals surface area (Å²) < 4.78 is 26.1. The molecule has 1 unspecified atom stereocenters. The predicted octanol–water partition coefficient (Wildman–Crippen LogP) is 0.479. The van der Waals surface area contributed by atoms with Gasteiger partial charge in [-0.3, -0.25) is 4.57 Å². The lowest BCUT2D eigenvalue weighted by Crippen LogP contribution is -2.38. The first-order chi connectivity index (χ1) is 13.8. The van der Waals surface area contributed by atoms with Crippen LogP contribution in [-0.4, -0.2) is 35.3 Å². The minimum atomic E-state index is -3.80. The molecule has 2 aromatic rings. The molecule has 4 N–H and O–H groups in total. The van der Waals surface area contributed by atoms with Gasteiger partial charge < -0.3 is 10.6 Å². The van der Waals surface area contributed by atoms with Crippen molar-refractivity contribution in [3.05, 3.63) is 46.1 Å². The Kier molecular flexibility index (Phi) is 6.38. The smallest absolute Gasteiger partial charge is 0.338 e. The molecule has 3 rings (SSSR count). The number of hydrogen-bond acceptors (Lipinski definition) is 5. The molecule has 1 atom stereocenters. The first-order valence-corrected chi connectivity index (χ1v) is 11.1. The number of fused-ring (bicyclic) bond motifs is 1. The first kappa shape index (κ1) is 21.1. The second-order valence-corrected chi connectivity index (χ2v) is 8.69. The molecule has 0 aliphatic carbocycles. The Hall–Kier alpha value is -2.66. The molecular formula is C18H26N6O4S. The van der Waals surface area contributed by atoms with E-state index in [0.717, 1.165) is 31.6 Å². The molecule has 0 saturated carbocycles. The molecule has 0 spiro atoms. The molecule has 1 aromatic carbocycles. The maximum atomic E-state index is 12.3. The average Bonchev–Trinajstić information content (AvgIpc) is 3.01. The molecular weight excluding hydrogens is 396 g/mol. The number of nitrogens with zero attached hydrogens (tertiary/aromatic N) is 3. The van der Waals surface area contributed by atoms with Crippen LogP contribution in [0.2, 0.25) is 0 Å². The van der Waals surface area contributed by atoms with Crippen molar-refractivity contribution in [3.8, 4) is 0 Å². The number of amides is 2. The van der Waals surface area contributed by atoms with Crippen molar-refractivity contribution >= 4 is 16.1 Å². The largest absolute Gasteiger partial charge is 0.345 e. The lowest BCUT2D eigenvalue weighted by molar-refractivity contribution is 0.237. The van der Waals surface area contributed by atoms with Crippen molar-refractivity contribution in [1.29, 1.82) is 0 Å². The van der Waals surface area contributed by atoms with Gasteiger partial charge in [0.25, 0.3) is 0 Å². The van der Waals surface area contributed by atoms with Crippen molar-refractivity contribution in [1.82, 2.24) is 25.0 Å². The van der Waals surface area contributed by atoms with Crippen LogP contribution in [0, 0.1) is 0 Å². The number of benzene rings is 1. The fourth-order valence-corrected chi connectivity index (χ4v) is 3.89. The molecule has 0 saturated heterocycles. The van der Waals surface area contributed by atoms with E-state index >= 15 is 0 Å². The molecule has 0 fully saturated rings. The topological polar surface area (TPSA) is 141 Å². The van der Waals surface area contributed by atoms with Crippen molar-refractivity contribution in [2.75, 3.05) is 6.54 Å². The fraction of sp³-hybridized carbons (Fsp3) is 0.500. The zero-order valence-electron chi connectivity index (χ0n) is 16.3. The summed E-state index contributed by atoms with van der Waals surface area (Å²) in [4.78, 5) is 24.3. The van der Waals surface area contributed by atoms with Gasteiger partial charge in [-0.2, -0.15) is 5.10 Å². The summed E-state index contributed by atoms with van der Waals surface area (Å²) in [6, 6.07) is 5.35. The van der Waals surface area contributed by atoms with Crippen molar-refractivity contribution in [2.24, 2.45) is 5.14 Å². The van der Waals surface area contributed by atoms with Crippen LogP contribution in [0.4, 0.5) is 4.79 Å². The number of nitrogens with two attached hydrogens (primary N) is 1. The lowest BCUT2D eigenvalue weighted by atomic mass is 10.1. The Labute approximate surface area is 169 Å². The Morgan fingerprint density at radius 2 is 2.14 bits per heavy atom. The number of hydrogen-bond donors (Lipinski definition) is 3. The quantitative estimate of drug-likeness (QED) is 0.557. The van der Waals surface area contributed by atoms with E-state index < -0.39 is 16.1 Å². The predicted molar refractivity (Wildman–Crippen MR) is 107 cm³/mol. The van der Waals surface area contributed by atoms with Crippen LogP contribution < -0.4 is 21.5 Å². The highest BCUT2D eigenvalue weighted by molar-refractivity contribution is 7.89. The molecule has 1 aliphatic heterocycles. The Bertz CT molecular complexity index is 1040. The zero-order chi connectivity index (χ0) is 21.0. The maximum absolute atomic E-state index is 12.3. The Morgan fingerprint density at radius 1 is 1.34 bits per heavy atom. The maximum Gasteiger partial charge on any atom is 0.345 e. The van der Waals surface area contributed by atoms with E-state index in [1.807, 2.05) is 0 Å². The number of carbonyl (C=O) groups is 1. The summed E-state index contributed by atoms with van der Waals surface area (Å²) in [5.41, 5.74) is 0.536. The minimum Gasteiger partial charge on any atom is -0.338 e. The molecule has 2 amide bonds. The monoisotopic (exact) mass is 422 g/mol. The van der Waals surface area contributed by atoms with Gasteiger partial charge in [0.1, 0.15) is 5.82 Å². The summed E-state index contributed by atoms with van der Waals surface area (Å²) >= 11 is 0. The van der Waals surface area contributed by atoms with E-state index in [9.17, 15) is 18.0 Å². The van der Waals surface area contributed by atoms with Gasteiger partial charge in [-0.1, -0.05) is 12.1 Å². The molecule has 1 aliphatic rings. The van der Waals surface area contributed by atoms with Crippen LogP contribution in [-0.2, 0) is 29.5 Å². The molecule has 1 aromatic heterocycles. The van der Waals surface area contributed by atoms with Crippen LogP contribution in [0.5, 0.6) is 0 Å². The zero-order valence-corrected chi connectivity index (χ0v) is 17.1. The lowest BCUT2D eigenvalue weighted by Gasteiger charge is -2.15. The van der Waals surface area contributed by atoms with E-state index in [1.54, 1.807) is 23.6 Å². The number of carbonyl (C=O) groups excluding carboxylic acids is 1. The van der Waals surface area contributed by atoms with Gasteiger partial charge in [0.15, 0.2) is 0 Å². The third-order valence-electron chi connectivity index (χ3n) is 4.90. The molecule has 10 nitrogen and oxygen atoms in total. The molecule has 158 valence electrons.